The molecule has 0 aromatic carbocycles. The molecule has 0 aliphatic heterocycles. The fourth-order valence-electron chi connectivity index (χ4n) is 2.55. The van der Waals surface area contributed by atoms with Crippen molar-refractivity contribution in [2.75, 3.05) is 0 Å². The zero-order chi connectivity index (χ0) is 16.3. The Balaban J connectivity index is 3.11. The van der Waals surface area contributed by atoms with Gasteiger partial charge in [-0.25, -0.2) is 4.79 Å². The second kappa shape index (κ2) is 17.9. The van der Waals surface area contributed by atoms with Crippen molar-refractivity contribution in [2.45, 2.75) is 96.8 Å². The number of rotatable bonds is 16. The molecule has 0 atom stereocenters. The molecular weight excluding hydrogens is 276 g/mol. The van der Waals surface area contributed by atoms with Gasteiger partial charge in [0.05, 0.1) is 0 Å². The summed E-state index contributed by atoms with van der Waals surface area (Å²) in [6, 6.07) is 0. The minimum absolute atomic E-state index is 0.165. The minimum atomic E-state index is -0.579. The van der Waals surface area contributed by atoms with Gasteiger partial charge >= 0.3 is 12.4 Å². The Morgan fingerprint density at radius 1 is 0.773 bits per heavy atom. The van der Waals surface area contributed by atoms with Crippen molar-refractivity contribution in [3.8, 4) is 0 Å². The van der Waals surface area contributed by atoms with Crippen molar-refractivity contribution in [2.24, 2.45) is 0 Å². The molecular formula is C19H34O3. The summed E-state index contributed by atoms with van der Waals surface area (Å²) in [5.41, 5.74) is 0. The average molecular weight is 310 g/mol. The van der Waals surface area contributed by atoms with Crippen LogP contribution in [0.5, 0.6) is 0 Å². The van der Waals surface area contributed by atoms with Gasteiger partial charge in [-0.15, -0.1) is 0 Å². The van der Waals surface area contributed by atoms with Gasteiger partial charge in [-0.05, 0) is 12.8 Å². The summed E-state index contributed by atoms with van der Waals surface area (Å²) in [5, 5.41) is 0. The van der Waals surface area contributed by atoms with E-state index in [4.69, 9.17) is 0 Å². The van der Waals surface area contributed by atoms with Gasteiger partial charge in [0, 0.05) is 6.08 Å². The summed E-state index contributed by atoms with van der Waals surface area (Å²) in [5.74, 6) is -0.579. The Kier molecular flexibility index (Phi) is 17.0. The molecule has 0 fully saturated rings. The van der Waals surface area contributed by atoms with Crippen LogP contribution in [0.4, 0.5) is 0 Å². The van der Waals surface area contributed by atoms with Crippen LogP contribution >= 0.6 is 0 Å². The lowest BCUT2D eigenvalue weighted by Gasteiger charge is -2.02. The molecule has 0 radical (unpaired) electrons. The van der Waals surface area contributed by atoms with E-state index < -0.39 is 5.97 Å². The van der Waals surface area contributed by atoms with Crippen LogP contribution < -0.4 is 0 Å². The Morgan fingerprint density at radius 2 is 1.23 bits per heavy atom. The standard InChI is InChI=1S/C19H34O3/c1-2-3-4-5-6-7-8-9-10-11-12-13-14-15-16-17-19(21)22-18-20/h16-18H,2-15H2,1H3. The van der Waals surface area contributed by atoms with Crippen LogP contribution in [-0.4, -0.2) is 12.4 Å². The summed E-state index contributed by atoms with van der Waals surface area (Å²) in [6.07, 6.45) is 21.4. The van der Waals surface area contributed by atoms with Gasteiger partial charge in [0.1, 0.15) is 0 Å². The first-order chi connectivity index (χ1) is 10.8. The van der Waals surface area contributed by atoms with Crippen LogP contribution in [0.15, 0.2) is 12.2 Å². The molecule has 3 nitrogen and oxygen atoms in total. The summed E-state index contributed by atoms with van der Waals surface area (Å²) in [7, 11) is 0. The maximum absolute atomic E-state index is 10.8. The number of ether oxygens (including phenoxy) is 1. The van der Waals surface area contributed by atoms with E-state index in [1.807, 2.05) is 0 Å². The molecule has 22 heavy (non-hydrogen) atoms. The van der Waals surface area contributed by atoms with Crippen molar-refractivity contribution in [3.05, 3.63) is 12.2 Å². The Bertz CT molecular complexity index is 284. The van der Waals surface area contributed by atoms with Gasteiger partial charge in [-0.3, -0.25) is 4.79 Å². The highest BCUT2D eigenvalue weighted by Crippen LogP contribution is 2.12. The van der Waals surface area contributed by atoms with E-state index in [0.29, 0.717) is 0 Å². The number of hydrogen-bond donors (Lipinski definition) is 0. The number of unbranched alkanes of at least 4 members (excludes halogenated alkanes) is 13. The number of carbonyl (C=O) groups is 2. The van der Waals surface area contributed by atoms with Gasteiger partial charge < -0.3 is 4.74 Å². The monoisotopic (exact) mass is 310 g/mol. The summed E-state index contributed by atoms with van der Waals surface area (Å²) in [4.78, 5) is 20.7. The average Bonchev–Trinajstić information content (AvgIpc) is 2.51. The third-order valence-corrected chi connectivity index (χ3v) is 3.89. The highest BCUT2D eigenvalue weighted by atomic mass is 16.6. The van der Waals surface area contributed by atoms with E-state index >= 15 is 0 Å². The molecule has 0 saturated carbocycles. The van der Waals surface area contributed by atoms with E-state index in [2.05, 4.69) is 11.7 Å². The van der Waals surface area contributed by atoms with Crippen LogP contribution in [0.1, 0.15) is 96.8 Å². The van der Waals surface area contributed by atoms with Crippen molar-refractivity contribution in [3.63, 3.8) is 0 Å². The molecule has 0 saturated heterocycles. The second-order valence-corrected chi connectivity index (χ2v) is 5.97. The van der Waals surface area contributed by atoms with E-state index in [1.165, 1.54) is 83.1 Å². The smallest absolute Gasteiger partial charge is 0.337 e. The SMILES string of the molecule is CCCCCCCCCCCCCCCC=CC(=O)OC=O. The molecule has 0 N–H and O–H groups in total. The van der Waals surface area contributed by atoms with Crippen LogP contribution in [0, 0.1) is 0 Å². The molecule has 0 unspecified atom stereocenters. The fourth-order valence-corrected chi connectivity index (χ4v) is 2.55. The van der Waals surface area contributed by atoms with Gasteiger partial charge in [0.2, 0.25) is 0 Å². The molecule has 0 heterocycles. The third kappa shape index (κ3) is 16.9. The third-order valence-electron chi connectivity index (χ3n) is 3.89. The highest BCUT2D eigenvalue weighted by Gasteiger charge is 1.94. The Labute approximate surface area is 136 Å². The van der Waals surface area contributed by atoms with Crippen LogP contribution in [0.2, 0.25) is 0 Å². The molecule has 128 valence electrons. The van der Waals surface area contributed by atoms with Gasteiger partial charge in [0.25, 0.3) is 0 Å². The molecule has 0 bridgehead atoms. The molecule has 0 aliphatic carbocycles. The molecule has 0 amide bonds. The van der Waals surface area contributed by atoms with E-state index in [-0.39, 0.29) is 6.47 Å². The van der Waals surface area contributed by atoms with Crippen LogP contribution in [-0.2, 0) is 14.3 Å². The largest absolute Gasteiger partial charge is 0.392 e. The first-order valence-corrected chi connectivity index (χ1v) is 9.12. The van der Waals surface area contributed by atoms with Crippen molar-refractivity contribution in [1.82, 2.24) is 0 Å². The molecule has 3 heteroatoms. The predicted octanol–water partition coefficient (Wildman–Crippen LogP) is 5.72. The van der Waals surface area contributed by atoms with Crippen molar-refractivity contribution in [1.29, 1.82) is 0 Å². The second-order valence-electron chi connectivity index (χ2n) is 5.97. The van der Waals surface area contributed by atoms with Crippen molar-refractivity contribution >= 4 is 12.4 Å². The van der Waals surface area contributed by atoms with Crippen LogP contribution in [0.25, 0.3) is 0 Å². The minimum Gasteiger partial charge on any atom is -0.392 e. The quantitative estimate of drug-likeness (QED) is 0.120. The lowest BCUT2D eigenvalue weighted by Crippen LogP contribution is -1.96. The summed E-state index contributed by atoms with van der Waals surface area (Å²) >= 11 is 0. The topological polar surface area (TPSA) is 43.4 Å². The predicted molar refractivity (Wildman–Crippen MR) is 91.6 cm³/mol. The Morgan fingerprint density at radius 3 is 1.68 bits per heavy atom. The fraction of sp³-hybridized carbons (Fsp3) is 0.789. The van der Waals surface area contributed by atoms with E-state index in [0.717, 1.165) is 12.8 Å². The Hall–Kier alpha value is -1.12. The van der Waals surface area contributed by atoms with Gasteiger partial charge in [0.15, 0.2) is 0 Å². The molecule has 0 aromatic rings. The number of carbonyl (C=O) groups excluding carboxylic acids is 2. The summed E-state index contributed by atoms with van der Waals surface area (Å²) in [6.45, 7) is 2.43. The highest BCUT2D eigenvalue weighted by molar-refractivity contribution is 5.86. The van der Waals surface area contributed by atoms with E-state index in [9.17, 15) is 9.59 Å². The summed E-state index contributed by atoms with van der Waals surface area (Å²) < 4.78 is 4.15. The molecule has 0 rings (SSSR count). The zero-order valence-corrected chi connectivity index (χ0v) is 14.4. The molecule has 0 aromatic heterocycles. The lowest BCUT2D eigenvalue weighted by atomic mass is 10.0. The van der Waals surface area contributed by atoms with Crippen LogP contribution in [0.3, 0.4) is 0 Å². The van der Waals surface area contributed by atoms with Crippen molar-refractivity contribution < 1.29 is 14.3 Å². The first kappa shape index (κ1) is 20.9. The number of allylic oxidation sites excluding steroid dienone is 1. The lowest BCUT2D eigenvalue weighted by molar-refractivity contribution is -0.147. The number of esters is 1. The zero-order valence-electron chi connectivity index (χ0n) is 14.4. The van der Waals surface area contributed by atoms with Gasteiger partial charge in [-0.1, -0.05) is 90.0 Å². The van der Waals surface area contributed by atoms with E-state index in [1.54, 1.807) is 6.08 Å². The maximum Gasteiger partial charge on any atom is 0.337 e. The van der Waals surface area contributed by atoms with Gasteiger partial charge in [-0.2, -0.15) is 0 Å². The molecule has 0 aliphatic rings. The maximum atomic E-state index is 10.8. The number of hydrogen-bond acceptors (Lipinski definition) is 3. The first-order valence-electron chi connectivity index (χ1n) is 9.12. The normalized spacial score (nSPS) is 11.0. The molecule has 0 spiro atoms.